The van der Waals surface area contributed by atoms with Crippen LogP contribution in [-0.2, 0) is 11.3 Å². The van der Waals surface area contributed by atoms with E-state index in [0.29, 0.717) is 18.2 Å². The number of carbonyl (C=O) groups excluding carboxylic acids is 2. The first-order valence-corrected chi connectivity index (χ1v) is 8.11. The van der Waals surface area contributed by atoms with Crippen LogP contribution in [0.1, 0.15) is 26.3 Å². The summed E-state index contributed by atoms with van der Waals surface area (Å²) in [5, 5.41) is 5.72. The van der Waals surface area contributed by atoms with E-state index >= 15 is 0 Å². The van der Waals surface area contributed by atoms with Gasteiger partial charge in [0.2, 0.25) is 5.95 Å². The second kappa shape index (κ2) is 8.52. The average molecular weight is 363 g/mol. The number of hydrogen-bond donors (Lipinski definition) is 2. The lowest BCUT2D eigenvalue weighted by molar-refractivity contribution is 0.0602. The van der Waals surface area contributed by atoms with Crippen LogP contribution in [0.3, 0.4) is 0 Å². The average Bonchev–Trinajstić information content (AvgIpc) is 2.73. The Bertz CT molecular complexity index is 930. The minimum atomic E-state index is -0.530. The molecule has 0 aliphatic rings. The largest absolute Gasteiger partial charge is 0.465 e. The highest BCUT2D eigenvalue weighted by Gasteiger charge is 2.14. The maximum absolute atomic E-state index is 12.4. The molecule has 136 valence electrons. The van der Waals surface area contributed by atoms with Crippen molar-refractivity contribution in [1.29, 1.82) is 0 Å². The van der Waals surface area contributed by atoms with E-state index in [1.54, 1.807) is 36.7 Å². The Balaban J connectivity index is 1.65. The lowest BCUT2D eigenvalue weighted by Crippen LogP contribution is -2.16. The highest BCUT2D eigenvalue weighted by molar-refractivity contribution is 6.07. The van der Waals surface area contributed by atoms with E-state index in [4.69, 9.17) is 4.74 Å². The van der Waals surface area contributed by atoms with Crippen molar-refractivity contribution in [2.24, 2.45) is 0 Å². The number of anilines is 2. The molecule has 8 nitrogen and oxygen atoms in total. The second-order valence-corrected chi connectivity index (χ2v) is 5.50. The van der Waals surface area contributed by atoms with Gasteiger partial charge in [0.05, 0.1) is 23.9 Å². The third-order valence-corrected chi connectivity index (χ3v) is 3.67. The summed E-state index contributed by atoms with van der Waals surface area (Å²) in [4.78, 5) is 36.5. The molecule has 0 spiro atoms. The molecule has 0 aliphatic carbocycles. The van der Waals surface area contributed by atoms with Gasteiger partial charge in [-0.1, -0.05) is 18.2 Å². The summed E-state index contributed by atoms with van der Waals surface area (Å²) in [6, 6.07) is 10.4. The fraction of sp³-hybridized carbons (Fsp3) is 0.105. The lowest BCUT2D eigenvalue weighted by atomic mass is 10.1. The van der Waals surface area contributed by atoms with Crippen molar-refractivity contribution in [3.63, 3.8) is 0 Å². The van der Waals surface area contributed by atoms with Gasteiger partial charge in [-0.05, 0) is 23.8 Å². The van der Waals surface area contributed by atoms with Crippen LogP contribution in [0, 0.1) is 0 Å². The number of nitrogens with one attached hydrogen (secondary N) is 2. The molecule has 2 N–H and O–H groups in total. The zero-order valence-corrected chi connectivity index (χ0v) is 14.5. The van der Waals surface area contributed by atoms with Crippen LogP contribution in [0.5, 0.6) is 0 Å². The molecule has 2 heterocycles. The van der Waals surface area contributed by atoms with Gasteiger partial charge in [0, 0.05) is 31.3 Å². The van der Waals surface area contributed by atoms with Crippen molar-refractivity contribution >= 4 is 23.5 Å². The molecule has 1 aromatic carbocycles. The van der Waals surface area contributed by atoms with Gasteiger partial charge in [-0.15, -0.1) is 0 Å². The van der Waals surface area contributed by atoms with Crippen molar-refractivity contribution in [3.05, 3.63) is 77.9 Å². The minimum absolute atomic E-state index is 0.265. The van der Waals surface area contributed by atoms with Gasteiger partial charge in [0.25, 0.3) is 5.91 Å². The summed E-state index contributed by atoms with van der Waals surface area (Å²) >= 11 is 0. The van der Waals surface area contributed by atoms with Gasteiger partial charge in [-0.25, -0.2) is 14.8 Å². The summed E-state index contributed by atoms with van der Waals surface area (Å²) in [5.41, 5.74) is 1.88. The normalized spacial score (nSPS) is 10.1. The predicted octanol–water partition coefficient (Wildman–Crippen LogP) is 2.52. The number of benzene rings is 1. The summed E-state index contributed by atoms with van der Waals surface area (Å²) in [6.07, 6.45) is 6.27. The maximum Gasteiger partial charge on any atom is 0.339 e. The lowest BCUT2D eigenvalue weighted by Gasteiger charge is -2.10. The third kappa shape index (κ3) is 4.63. The summed E-state index contributed by atoms with van der Waals surface area (Å²) in [6.45, 7) is 0.520. The number of hydrogen-bond acceptors (Lipinski definition) is 7. The molecule has 2 aromatic heterocycles. The van der Waals surface area contributed by atoms with Crippen LogP contribution >= 0.6 is 0 Å². The van der Waals surface area contributed by atoms with Crippen LogP contribution in [0.2, 0.25) is 0 Å². The number of pyridine rings is 1. The molecule has 0 atom stereocenters. The number of rotatable bonds is 6. The second-order valence-electron chi connectivity index (χ2n) is 5.50. The molecular formula is C19H17N5O3. The Hall–Kier alpha value is -3.81. The van der Waals surface area contributed by atoms with E-state index in [1.807, 2.05) is 12.1 Å². The van der Waals surface area contributed by atoms with Gasteiger partial charge in [-0.2, -0.15) is 0 Å². The van der Waals surface area contributed by atoms with Crippen LogP contribution in [0.4, 0.5) is 11.6 Å². The number of aromatic nitrogens is 3. The zero-order valence-electron chi connectivity index (χ0n) is 14.5. The number of carbonyl (C=O) groups is 2. The van der Waals surface area contributed by atoms with Crippen molar-refractivity contribution in [3.8, 4) is 0 Å². The number of esters is 1. The van der Waals surface area contributed by atoms with Gasteiger partial charge in [0.15, 0.2) is 0 Å². The molecule has 3 aromatic rings. The van der Waals surface area contributed by atoms with E-state index in [1.165, 1.54) is 19.5 Å². The summed E-state index contributed by atoms with van der Waals surface area (Å²) < 4.78 is 4.72. The highest BCUT2D eigenvalue weighted by atomic mass is 16.5. The first kappa shape index (κ1) is 18.0. The molecule has 0 saturated heterocycles. The van der Waals surface area contributed by atoms with E-state index in [9.17, 15) is 9.59 Å². The first-order valence-electron chi connectivity index (χ1n) is 8.11. The molecule has 3 rings (SSSR count). The number of methoxy groups -OCH3 is 1. The smallest absolute Gasteiger partial charge is 0.339 e. The Morgan fingerprint density at radius 2 is 1.81 bits per heavy atom. The maximum atomic E-state index is 12.4. The van der Waals surface area contributed by atoms with E-state index in [-0.39, 0.29) is 11.1 Å². The van der Waals surface area contributed by atoms with Crippen molar-refractivity contribution < 1.29 is 14.3 Å². The standard InChI is InChI=1S/C19H17N5O3/c1-27-18(26)15-6-2-3-7-16(15)24-17(25)14-11-22-19(23-12-14)21-10-13-5-4-8-20-9-13/h2-9,11-12H,10H2,1H3,(H,24,25)(H,21,22,23). The molecule has 0 aliphatic heterocycles. The van der Waals surface area contributed by atoms with Gasteiger partial charge < -0.3 is 15.4 Å². The molecule has 27 heavy (non-hydrogen) atoms. The Morgan fingerprint density at radius 3 is 2.52 bits per heavy atom. The molecule has 8 heteroatoms. The van der Waals surface area contributed by atoms with Crippen LogP contribution in [-0.4, -0.2) is 33.9 Å². The first-order chi connectivity index (χ1) is 13.2. The Kier molecular flexibility index (Phi) is 5.68. The van der Waals surface area contributed by atoms with Crippen molar-refractivity contribution in [2.75, 3.05) is 17.7 Å². The fourth-order valence-electron chi connectivity index (χ4n) is 2.29. The van der Waals surface area contributed by atoms with Gasteiger partial charge in [-0.3, -0.25) is 9.78 Å². The third-order valence-electron chi connectivity index (χ3n) is 3.67. The molecule has 0 bridgehead atoms. The van der Waals surface area contributed by atoms with Crippen molar-refractivity contribution in [2.45, 2.75) is 6.54 Å². The van der Waals surface area contributed by atoms with Gasteiger partial charge >= 0.3 is 5.97 Å². The molecule has 1 amide bonds. The van der Waals surface area contributed by atoms with E-state index in [0.717, 1.165) is 5.56 Å². The van der Waals surface area contributed by atoms with Crippen LogP contribution in [0.15, 0.2) is 61.2 Å². The Labute approximate surface area is 155 Å². The predicted molar refractivity (Wildman–Crippen MR) is 99.3 cm³/mol. The topological polar surface area (TPSA) is 106 Å². The fourth-order valence-corrected chi connectivity index (χ4v) is 2.29. The van der Waals surface area contributed by atoms with E-state index in [2.05, 4.69) is 25.6 Å². The number of ether oxygens (including phenoxy) is 1. The molecule has 0 saturated carbocycles. The molecular weight excluding hydrogens is 346 g/mol. The molecule has 0 fully saturated rings. The monoisotopic (exact) mass is 363 g/mol. The van der Waals surface area contributed by atoms with Gasteiger partial charge in [0.1, 0.15) is 0 Å². The zero-order chi connectivity index (χ0) is 19.1. The number of amides is 1. The summed E-state index contributed by atoms with van der Waals surface area (Å²) in [5.74, 6) is -0.562. The SMILES string of the molecule is COC(=O)c1ccccc1NC(=O)c1cnc(NCc2cccnc2)nc1. The number of nitrogens with zero attached hydrogens (tertiary/aromatic N) is 3. The van der Waals surface area contributed by atoms with Crippen LogP contribution in [0.25, 0.3) is 0 Å². The quantitative estimate of drug-likeness (QED) is 0.648. The van der Waals surface area contributed by atoms with Crippen molar-refractivity contribution in [1.82, 2.24) is 15.0 Å². The Morgan fingerprint density at radius 1 is 1.04 bits per heavy atom. The highest BCUT2D eigenvalue weighted by Crippen LogP contribution is 2.17. The van der Waals surface area contributed by atoms with Crippen LogP contribution < -0.4 is 10.6 Å². The number of para-hydroxylation sites is 1. The van der Waals surface area contributed by atoms with E-state index < -0.39 is 11.9 Å². The molecule has 0 unspecified atom stereocenters. The summed E-state index contributed by atoms with van der Waals surface area (Å²) in [7, 11) is 1.28. The minimum Gasteiger partial charge on any atom is -0.465 e. The molecule has 0 radical (unpaired) electrons.